The standard InChI is InChI=1S/C18H25NO4/c1-3-23-17(21)18(12-4-5-13-18)19-16(20)11-8-14-6-9-15(22-2)10-7-14/h6-7,9-10H,3-5,8,11-13H2,1-2H3,(H,19,20). The SMILES string of the molecule is CCOC(=O)C1(NC(=O)CCc2ccc(OC)cc2)CCCC1. The van der Waals surface area contributed by atoms with Gasteiger partial charge in [-0.15, -0.1) is 0 Å². The zero-order valence-corrected chi connectivity index (χ0v) is 13.9. The molecule has 23 heavy (non-hydrogen) atoms. The van der Waals surface area contributed by atoms with E-state index in [2.05, 4.69) is 5.32 Å². The van der Waals surface area contributed by atoms with E-state index in [1.54, 1.807) is 14.0 Å². The van der Waals surface area contributed by atoms with E-state index < -0.39 is 5.54 Å². The third-order valence-electron chi connectivity index (χ3n) is 4.30. The quantitative estimate of drug-likeness (QED) is 0.785. The van der Waals surface area contributed by atoms with Gasteiger partial charge >= 0.3 is 5.97 Å². The summed E-state index contributed by atoms with van der Waals surface area (Å²) in [6.07, 6.45) is 4.21. The maximum Gasteiger partial charge on any atom is 0.331 e. The summed E-state index contributed by atoms with van der Waals surface area (Å²) < 4.78 is 10.3. The highest BCUT2D eigenvalue weighted by molar-refractivity contribution is 5.88. The van der Waals surface area contributed by atoms with Crippen molar-refractivity contribution < 1.29 is 19.1 Å². The Bertz CT molecular complexity index is 532. The number of amides is 1. The molecule has 1 saturated carbocycles. The molecule has 0 bridgehead atoms. The fraction of sp³-hybridized carbons (Fsp3) is 0.556. The van der Waals surface area contributed by atoms with Crippen molar-refractivity contribution >= 4 is 11.9 Å². The minimum atomic E-state index is -0.812. The van der Waals surface area contributed by atoms with E-state index in [0.29, 0.717) is 32.3 Å². The third kappa shape index (κ3) is 4.47. The summed E-state index contributed by atoms with van der Waals surface area (Å²) in [7, 11) is 1.62. The first-order valence-electron chi connectivity index (χ1n) is 8.21. The summed E-state index contributed by atoms with van der Waals surface area (Å²) in [5.41, 5.74) is 0.255. The summed E-state index contributed by atoms with van der Waals surface area (Å²) in [5.74, 6) is 0.400. The van der Waals surface area contributed by atoms with E-state index in [-0.39, 0.29) is 11.9 Å². The Labute approximate surface area is 137 Å². The first-order chi connectivity index (χ1) is 11.1. The van der Waals surface area contributed by atoms with Crippen molar-refractivity contribution in [1.82, 2.24) is 5.32 Å². The first kappa shape index (κ1) is 17.3. The van der Waals surface area contributed by atoms with Crippen molar-refractivity contribution in [2.45, 2.75) is 51.0 Å². The number of aryl methyl sites for hydroxylation is 1. The molecule has 1 fully saturated rings. The Morgan fingerprint density at radius 1 is 1.17 bits per heavy atom. The van der Waals surface area contributed by atoms with Crippen LogP contribution in [0.1, 0.15) is 44.6 Å². The molecule has 0 saturated heterocycles. The van der Waals surface area contributed by atoms with Crippen LogP contribution in [0.4, 0.5) is 0 Å². The van der Waals surface area contributed by atoms with Crippen LogP contribution < -0.4 is 10.1 Å². The van der Waals surface area contributed by atoms with Crippen molar-refractivity contribution in [3.8, 4) is 5.75 Å². The fourth-order valence-electron chi connectivity index (χ4n) is 3.01. The van der Waals surface area contributed by atoms with Crippen molar-refractivity contribution in [2.24, 2.45) is 0 Å². The van der Waals surface area contributed by atoms with Gasteiger partial charge in [0.05, 0.1) is 13.7 Å². The number of hydrogen-bond acceptors (Lipinski definition) is 4. The zero-order chi connectivity index (χ0) is 16.7. The molecule has 1 aliphatic rings. The topological polar surface area (TPSA) is 64.6 Å². The van der Waals surface area contributed by atoms with Crippen LogP contribution >= 0.6 is 0 Å². The molecule has 5 nitrogen and oxygen atoms in total. The van der Waals surface area contributed by atoms with Crippen LogP contribution in [0, 0.1) is 0 Å². The van der Waals surface area contributed by atoms with E-state index in [1.807, 2.05) is 24.3 Å². The lowest BCUT2D eigenvalue weighted by atomic mass is 9.97. The second-order valence-electron chi connectivity index (χ2n) is 5.91. The Balaban J connectivity index is 1.90. The molecule has 0 spiro atoms. The van der Waals surface area contributed by atoms with Crippen LogP contribution in [0.15, 0.2) is 24.3 Å². The van der Waals surface area contributed by atoms with Gasteiger partial charge in [0, 0.05) is 6.42 Å². The number of rotatable bonds is 7. The lowest BCUT2D eigenvalue weighted by molar-refractivity contribution is -0.153. The Morgan fingerprint density at radius 3 is 2.39 bits per heavy atom. The molecule has 1 aliphatic carbocycles. The summed E-state index contributed by atoms with van der Waals surface area (Å²) in [5, 5.41) is 2.93. The lowest BCUT2D eigenvalue weighted by Gasteiger charge is -2.27. The largest absolute Gasteiger partial charge is 0.497 e. The van der Waals surface area contributed by atoms with E-state index in [4.69, 9.17) is 9.47 Å². The van der Waals surface area contributed by atoms with E-state index >= 15 is 0 Å². The molecule has 2 rings (SSSR count). The average molecular weight is 319 g/mol. The molecule has 0 aromatic heterocycles. The Hall–Kier alpha value is -2.04. The van der Waals surface area contributed by atoms with Gasteiger partial charge in [-0.2, -0.15) is 0 Å². The van der Waals surface area contributed by atoms with Gasteiger partial charge in [0.25, 0.3) is 0 Å². The maximum atomic E-state index is 12.3. The molecule has 1 aromatic carbocycles. The van der Waals surface area contributed by atoms with Crippen LogP contribution in [0.3, 0.4) is 0 Å². The number of methoxy groups -OCH3 is 1. The first-order valence-corrected chi connectivity index (χ1v) is 8.21. The van der Waals surface area contributed by atoms with Gasteiger partial charge in [-0.25, -0.2) is 4.79 Å². The van der Waals surface area contributed by atoms with Gasteiger partial charge in [0.1, 0.15) is 11.3 Å². The lowest BCUT2D eigenvalue weighted by Crippen LogP contribution is -2.53. The van der Waals surface area contributed by atoms with E-state index in [0.717, 1.165) is 24.2 Å². The molecular weight excluding hydrogens is 294 g/mol. The van der Waals surface area contributed by atoms with Gasteiger partial charge < -0.3 is 14.8 Å². The summed E-state index contributed by atoms with van der Waals surface area (Å²) >= 11 is 0. The number of carbonyl (C=O) groups is 2. The minimum Gasteiger partial charge on any atom is -0.497 e. The third-order valence-corrected chi connectivity index (χ3v) is 4.30. The van der Waals surface area contributed by atoms with Crippen molar-refractivity contribution in [1.29, 1.82) is 0 Å². The molecule has 126 valence electrons. The van der Waals surface area contributed by atoms with Crippen molar-refractivity contribution in [3.63, 3.8) is 0 Å². The minimum absolute atomic E-state index is 0.101. The predicted molar refractivity (Wildman–Crippen MR) is 87.3 cm³/mol. The van der Waals surface area contributed by atoms with Gasteiger partial charge in [0.2, 0.25) is 5.91 Å². The van der Waals surface area contributed by atoms with E-state index in [1.165, 1.54) is 0 Å². The normalized spacial score (nSPS) is 15.9. The van der Waals surface area contributed by atoms with E-state index in [9.17, 15) is 9.59 Å². The summed E-state index contributed by atoms with van der Waals surface area (Å²) in [6, 6.07) is 7.65. The molecule has 0 atom stereocenters. The predicted octanol–water partition coefficient (Wildman–Crippen LogP) is 2.62. The van der Waals surface area contributed by atoms with Crippen LogP contribution in [0.25, 0.3) is 0 Å². The highest BCUT2D eigenvalue weighted by Gasteiger charge is 2.43. The maximum absolute atomic E-state index is 12.3. The second kappa shape index (κ2) is 7.99. The van der Waals surface area contributed by atoms with Gasteiger partial charge in [-0.1, -0.05) is 25.0 Å². The molecule has 0 aliphatic heterocycles. The molecule has 1 amide bonds. The second-order valence-corrected chi connectivity index (χ2v) is 5.91. The van der Waals surface area contributed by atoms with Gasteiger partial charge in [-0.05, 0) is 43.9 Å². The fourth-order valence-corrected chi connectivity index (χ4v) is 3.01. The van der Waals surface area contributed by atoms with Gasteiger partial charge in [0.15, 0.2) is 0 Å². The molecule has 1 N–H and O–H groups in total. The summed E-state index contributed by atoms with van der Waals surface area (Å²) in [6.45, 7) is 2.12. The highest BCUT2D eigenvalue weighted by atomic mass is 16.5. The zero-order valence-electron chi connectivity index (χ0n) is 13.9. The van der Waals surface area contributed by atoms with Crippen molar-refractivity contribution in [2.75, 3.05) is 13.7 Å². The Kier molecular flexibility index (Phi) is 6.02. The van der Waals surface area contributed by atoms with Crippen LogP contribution in [0.5, 0.6) is 5.75 Å². The molecular formula is C18H25NO4. The molecule has 1 aromatic rings. The Morgan fingerprint density at radius 2 is 1.83 bits per heavy atom. The number of nitrogens with one attached hydrogen (secondary N) is 1. The number of ether oxygens (including phenoxy) is 2. The van der Waals surface area contributed by atoms with Gasteiger partial charge in [-0.3, -0.25) is 4.79 Å². The summed E-state index contributed by atoms with van der Waals surface area (Å²) in [4.78, 5) is 24.5. The van der Waals surface area contributed by atoms with Crippen molar-refractivity contribution in [3.05, 3.63) is 29.8 Å². The number of benzene rings is 1. The van der Waals surface area contributed by atoms with Crippen LogP contribution in [-0.2, 0) is 20.7 Å². The number of hydrogen-bond donors (Lipinski definition) is 1. The number of carbonyl (C=O) groups excluding carboxylic acids is 2. The molecule has 0 radical (unpaired) electrons. The van der Waals surface area contributed by atoms with Crippen LogP contribution in [0.2, 0.25) is 0 Å². The monoisotopic (exact) mass is 319 g/mol. The highest BCUT2D eigenvalue weighted by Crippen LogP contribution is 2.31. The average Bonchev–Trinajstić information content (AvgIpc) is 3.03. The number of esters is 1. The van der Waals surface area contributed by atoms with Crippen LogP contribution in [-0.4, -0.2) is 31.1 Å². The molecule has 0 heterocycles. The molecule has 5 heteroatoms. The smallest absolute Gasteiger partial charge is 0.331 e. The molecule has 0 unspecified atom stereocenters.